The van der Waals surface area contributed by atoms with Gasteiger partial charge >= 0.3 is 0 Å². The molecule has 14 heavy (non-hydrogen) atoms. The highest BCUT2D eigenvalue weighted by atomic mass is 32.2. The molecule has 0 aromatic carbocycles. The van der Waals surface area contributed by atoms with Crippen LogP contribution in [0.1, 0.15) is 17.1 Å². The second-order valence-corrected chi connectivity index (χ2v) is 5.45. The van der Waals surface area contributed by atoms with Crippen molar-refractivity contribution >= 4 is 15.7 Å². The molecule has 1 aromatic heterocycles. The van der Waals surface area contributed by atoms with Crippen LogP contribution in [-0.2, 0) is 15.6 Å². The van der Waals surface area contributed by atoms with Crippen molar-refractivity contribution in [1.82, 2.24) is 9.97 Å². The Bertz CT molecular complexity index is 431. The third-order valence-corrected chi connectivity index (χ3v) is 2.65. The standard InChI is InChI=1S/C8H13N3O2S/c1-5-6(2)10-7(11-8(5)9)4-14(3,12)13/h4H2,1-3H3,(H2,9,10,11). The van der Waals surface area contributed by atoms with Gasteiger partial charge in [0.25, 0.3) is 0 Å². The predicted molar refractivity (Wildman–Crippen MR) is 54.5 cm³/mol. The van der Waals surface area contributed by atoms with Crippen molar-refractivity contribution < 1.29 is 8.42 Å². The van der Waals surface area contributed by atoms with Gasteiger partial charge in [-0.05, 0) is 13.8 Å². The first-order chi connectivity index (χ1) is 6.29. The Morgan fingerprint density at radius 2 is 1.86 bits per heavy atom. The summed E-state index contributed by atoms with van der Waals surface area (Å²) in [4.78, 5) is 7.96. The fourth-order valence-corrected chi connectivity index (χ4v) is 1.61. The molecule has 1 aromatic rings. The summed E-state index contributed by atoms with van der Waals surface area (Å²) in [7, 11) is -3.10. The van der Waals surface area contributed by atoms with Crippen LogP contribution >= 0.6 is 0 Å². The first-order valence-electron chi connectivity index (χ1n) is 4.07. The first-order valence-corrected chi connectivity index (χ1v) is 6.13. The summed E-state index contributed by atoms with van der Waals surface area (Å²) in [6, 6.07) is 0. The van der Waals surface area contributed by atoms with Gasteiger partial charge in [-0.15, -0.1) is 0 Å². The average Bonchev–Trinajstić information content (AvgIpc) is 1.96. The van der Waals surface area contributed by atoms with Gasteiger partial charge in [-0.2, -0.15) is 0 Å². The van der Waals surface area contributed by atoms with Crippen molar-refractivity contribution in [2.75, 3.05) is 12.0 Å². The first kappa shape index (κ1) is 10.9. The minimum Gasteiger partial charge on any atom is -0.383 e. The van der Waals surface area contributed by atoms with Gasteiger partial charge in [-0.25, -0.2) is 18.4 Å². The second-order valence-electron chi connectivity index (χ2n) is 3.31. The van der Waals surface area contributed by atoms with Crippen molar-refractivity contribution in [3.8, 4) is 0 Å². The molecule has 0 bridgehead atoms. The second kappa shape index (κ2) is 3.53. The largest absolute Gasteiger partial charge is 0.383 e. The van der Waals surface area contributed by atoms with Crippen LogP contribution in [0.25, 0.3) is 0 Å². The molecule has 0 aliphatic rings. The number of aryl methyl sites for hydroxylation is 1. The van der Waals surface area contributed by atoms with E-state index in [2.05, 4.69) is 9.97 Å². The maximum absolute atomic E-state index is 11.0. The Labute approximate surface area is 83.3 Å². The highest BCUT2D eigenvalue weighted by Crippen LogP contribution is 2.11. The minimum atomic E-state index is -3.10. The molecule has 0 spiro atoms. The lowest BCUT2D eigenvalue weighted by Gasteiger charge is -2.05. The van der Waals surface area contributed by atoms with Gasteiger partial charge in [0.1, 0.15) is 17.4 Å². The van der Waals surface area contributed by atoms with Crippen LogP contribution in [0, 0.1) is 13.8 Å². The topological polar surface area (TPSA) is 85.9 Å². The Morgan fingerprint density at radius 1 is 1.29 bits per heavy atom. The Hall–Kier alpha value is -1.17. The Balaban J connectivity index is 3.14. The molecule has 0 fully saturated rings. The van der Waals surface area contributed by atoms with Crippen molar-refractivity contribution in [3.05, 3.63) is 17.1 Å². The number of anilines is 1. The van der Waals surface area contributed by atoms with Crippen molar-refractivity contribution in [2.24, 2.45) is 0 Å². The van der Waals surface area contributed by atoms with E-state index in [4.69, 9.17) is 5.73 Å². The van der Waals surface area contributed by atoms with Gasteiger partial charge in [-0.1, -0.05) is 0 Å². The molecular formula is C8H13N3O2S. The van der Waals surface area contributed by atoms with E-state index in [0.717, 1.165) is 17.5 Å². The van der Waals surface area contributed by atoms with E-state index in [-0.39, 0.29) is 11.6 Å². The molecule has 0 amide bonds. The van der Waals surface area contributed by atoms with Crippen molar-refractivity contribution in [1.29, 1.82) is 0 Å². The molecule has 5 nitrogen and oxygen atoms in total. The van der Waals surface area contributed by atoms with Crippen LogP contribution in [0.4, 0.5) is 5.82 Å². The molecular weight excluding hydrogens is 202 g/mol. The lowest BCUT2D eigenvalue weighted by Crippen LogP contribution is -2.09. The smallest absolute Gasteiger partial charge is 0.154 e. The van der Waals surface area contributed by atoms with Crippen LogP contribution in [0.2, 0.25) is 0 Å². The molecule has 1 rings (SSSR count). The molecule has 0 unspecified atom stereocenters. The SMILES string of the molecule is Cc1nc(CS(C)(=O)=O)nc(N)c1C. The molecule has 6 heteroatoms. The van der Waals surface area contributed by atoms with Gasteiger partial charge in [0, 0.05) is 17.5 Å². The number of nitrogens with two attached hydrogens (primary N) is 1. The summed E-state index contributed by atoms with van der Waals surface area (Å²) in [5, 5.41) is 0. The number of rotatable bonds is 2. The number of nitrogen functional groups attached to an aromatic ring is 1. The molecule has 0 aliphatic heterocycles. The highest BCUT2D eigenvalue weighted by molar-refractivity contribution is 7.89. The van der Waals surface area contributed by atoms with Crippen molar-refractivity contribution in [2.45, 2.75) is 19.6 Å². The van der Waals surface area contributed by atoms with E-state index in [1.807, 2.05) is 0 Å². The van der Waals surface area contributed by atoms with Crippen molar-refractivity contribution in [3.63, 3.8) is 0 Å². The van der Waals surface area contributed by atoms with E-state index in [0.29, 0.717) is 5.82 Å². The fraction of sp³-hybridized carbons (Fsp3) is 0.500. The van der Waals surface area contributed by atoms with Gasteiger partial charge < -0.3 is 5.73 Å². The zero-order valence-corrected chi connectivity index (χ0v) is 9.22. The van der Waals surface area contributed by atoms with E-state index in [1.54, 1.807) is 13.8 Å². The quantitative estimate of drug-likeness (QED) is 0.762. The maximum Gasteiger partial charge on any atom is 0.154 e. The number of hydrogen-bond acceptors (Lipinski definition) is 5. The summed E-state index contributed by atoms with van der Waals surface area (Å²) in [5.41, 5.74) is 7.11. The van der Waals surface area contributed by atoms with E-state index in [1.165, 1.54) is 0 Å². The monoisotopic (exact) mass is 215 g/mol. The predicted octanol–water partition coefficient (Wildman–Crippen LogP) is 0.220. The van der Waals surface area contributed by atoms with E-state index < -0.39 is 9.84 Å². The lowest BCUT2D eigenvalue weighted by atomic mass is 10.2. The summed E-state index contributed by atoms with van der Waals surface area (Å²) in [5.74, 6) is 0.433. The van der Waals surface area contributed by atoms with E-state index in [9.17, 15) is 8.42 Å². The van der Waals surface area contributed by atoms with Gasteiger partial charge in [-0.3, -0.25) is 0 Å². The molecule has 0 saturated carbocycles. The number of nitrogens with zero attached hydrogens (tertiary/aromatic N) is 2. The highest BCUT2D eigenvalue weighted by Gasteiger charge is 2.10. The van der Waals surface area contributed by atoms with Gasteiger partial charge in [0.05, 0.1) is 0 Å². The summed E-state index contributed by atoms with van der Waals surface area (Å²) >= 11 is 0. The fourth-order valence-electron chi connectivity index (χ4n) is 1.01. The molecule has 1 heterocycles. The molecule has 0 saturated heterocycles. The molecule has 78 valence electrons. The molecule has 0 radical (unpaired) electrons. The third-order valence-electron chi connectivity index (χ3n) is 1.86. The number of sulfone groups is 1. The maximum atomic E-state index is 11.0. The zero-order valence-electron chi connectivity index (χ0n) is 8.40. The lowest BCUT2D eigenvalue weighted by molar-refractivity contribution is 0.599. The van der Waals surface area contributed by atoms with Crippen LogP contribution in [0.3, 0.4) is 0 Å². The number of aromatic nitrogens is 2. The number of hydrogen-bond donors (Lipinski definition) is 1. The van der Waals surface area contributed by atoms with E-state index >= 15 is 0 Å². The molecule has 0 atom stereocenters. The summed E-state index contributed by atoms with van der Waals surface area (Å²) in [6.45, 7) is 3.58. The Kier molecular flexibility index (Phi) is 2.75. The molecule has 0 aliphatic carbocycles. The summed E-state index contributed by atoms with van der Waals surface area (Å²) in [6.07, 6.45) is 1.14. The van der Waals surface area contributed by atoms with Gasteiger partial charge in [0.15, 0.2) is 9.84 Å². The minimum absolute atomic E-state index is 0.168. The third kappa shape index (κ3) is 2.66. The average molecular weight is 215 g/mol. The Morgan fingerprint density at radius 3 is 2.29 bits per heavy atom. The van der Waals surface area contributed by atoms with Crippen LogP contribution in [0.15, 0.2) is 0 Å². The van der Waals surface area contributed by atoms with Gasteiger partial charge in [0.2, 0.25) is 0 Å². The summed E-state index contributed by atoms with van der Waals surface area (Å²) < 4.78 is 22.0. The van der Waals surface area contributed by atoms with Crippen LogP contribution in [-0.4, -0.2) is 24.6 Å². The molecule has 2 N–H and O–H groups in total. The zero-order chi connectivity index (χ0) is 10.9. The normalized spacial score (nSPS) is 11.6. The van der Waals surface area contributed by atoms with Crippen LogP contribution in [0.5, 0.6) is 0 Å². The van der Waals surface area contributed by atoms with Crippen LogP contribution < -0.4 is 5.73 Å².